The third kappa shape index (κ3) is 2.39. The van der Waals surface area contributed by atoms with Crippen molar-refractivity contribution in [2.45, 2.75) is 32.1 Å². The van der Waals surface area contributed by atoms with Gasteiger partial charge < -0.3 is 5.11 Å². The van der Waals surface area contributed by atoms with Crippen LogP contribution >= 0.6 is 0 Å². The van der Waals surface area contributed by atoms with E-state index >= 15 is 0 Å². The maximum absolute atomic E-state index is 11.4. The first-order valence-corrected chi connectivity index (χ1v) is 7.75. The molecule has 0 amide bonds. The second-order valence-corrected chi connectivity index (χ2v) is 7.30. The molecule has 0 bridgehead atoms. The highest BCUT2D eigenvalue weighted by Gasteiger charge is 2.42. The molecule has 0 spiro atoms. The van der Waals surface area contributed by atoms with Crippen molar-refractivity contribution in [2.75, 3.05) is 11.5 Å². The summed E-state index contributed by atoms with van der Waals surface area (Å²) in [6.07, 6.45) is 4.62. The molecule has 2 unspecified atom stereocenters. The fourth-order valence-corrected chi connectivity index (χ4v) is 5.07. The molecule has 1 heterocycles. The summed E-state index contributed by atoms with van der Waals surface area (Å²) in [5.41, 5.74) is 0. The van der Waals surface area contributed by atoms with E-state index in [0.717, 1.165) is 25.7 Å². The number of hydrogen-bond donors (Lipinski definition) is 1. The largest absolute Gasteiger partial charge is 0.481 e. The Morgan fingerprint density at radius 2 is 1.75 bits per heavy atom. The Labute approximate surface area is 96.0 Å². The van der Waals surface area contributed by atoms with Crippen LogP contribution in [-0.2, 0) is 14.6 Å². The average molecular weight is 246 g/mol. The molecular formula is C11H18O4S. The lowest BCUT2D eigenvalue weighted by atomic mass is 9.80. The fraction of sp³-hybridized carbons (Fsp3) is 0.909. The molecule has 1 N–H and O–H groups in total. The fourth-order valence-electron chi connectivity index (χ4n) is 3.21. The van der Waals surface area contributed by atoms with E-state index in [1.807, 2.05) is 0 Å². The Morgan fingerprint density at radius 3 is 2.19 bits per heavy atom. The zero-order valence-corrected chi connectivity index (χ0v) is 10.1. The second kappa shape index (κ2) is 4.35. The van der Waals surface area contributed by atoms with Gasteiger partial charge in [-0.25, -0.2) is 8.42 Å². The van der Waals surface area contributed by atoms with Gasteiger partial charge in [0.15, 0.2) is 9.84 Å². The van der Waals surface area contributed by atoms with Gasteiger partial charge in [0.25, 0.3) is 0 Å². The molecule has 0 aromatic heterocycles. The molecule has 1 aliphatic carbocycles. The number of carboxylic acid groups (broad SMARTS) is 1. The molecule has 0 aromatic rings. The number of hydrogen-bond acceptors (Lipinski definition) is 3. The molecule has 2 aliphatic rings. The van der Waals surface area contributed by atoms with Gasteiger partial charge in [-0.05, 0) is 31.1 Å². The van der Waals surface area contributed by atoms with E-state index in [1.165, 1.54) is 0 Å². The highest BCUT2D eigenvalue weighted by molar-refractivity contribution is 7.91. The van der Waals surface area contributed by atoms with Crippen LogP contribution in [0.15, 0.2) is 0 Å². The van der Waals surface area contributed by atoms with Crippen molar-refractivity contribution >= 4 is 15.8 Å². The molecular weight excluding hydrogens is 228 g/mol. The molecule has 2 rings (SSSR count). The van der Waals surface area contributed by atoms with E-state index < -0.39 is 21.7 Å². The third-order valence-electron chi connectivity index (χ3n) is 3.97. The molecule has 16 heavy (non-hydrogen) atoms. The van der Waals surface area contributed by atoms with Gasteiger partial charge in [-0.1, -0.05) is 12.8 Å². The van der Waals surface area contributed by atoms with Crippen LogP contribution in [0.3, 0.4) is 0 Å². The van der Waals surface area contributed by atoms with Gasteiger partial charge in [0, 0.05) is 0 Å². The monoisotopic (exact) mass is 246 g/mol. The molecule has 92 valence electrons. The van der Waals surface area contributed by atoms with E-state index in [9.17, 15) is 18.3 Å². The van der Waals surface area contributed by atoms with Crippen molar-refractivity contribution in [1.82, 2.24) is 0 Å². The Balaban J connectivity index is 2.11. The molecule has 0 radical (unpaired) electrons. The van der Waals surface area contributed by atoms with Gasteiger partial charge in [-0.3, -0.25) is 4.79 Å². The Kier molecular flexibility index (Phi) is 3.24. The highest BCUT2D eigenvalue weighted by atomic mass is 32.2. The van der Waals surface area contributed by atoms with Gasteiger partial charge in [-0.15, -0.1) is 0 Å². The maximum atomic E-state index is 11.4. The van der Waals surface area contributed by atoms with Crippen LogP contribution < -0.4 is 0 Å². The van der Waals surface area contributed by atoms with Gasteiger partial charge in [0.05, 0.1) is 17.4 Å². The summed E-state index contributed by atoms with van der Waals surface area (Å²) < 4.78 is 22.8. The lowest BCUT2D eigenvalue weighted by Crippen LogP contribution is -2.30. The van der Waals surface area contributed by atoms with Crippen LogP contribution in [0.1, 0.15) is 32.1 Å². The van der Waals surface area contributed by atoms with Crippen LogP contribution in [-0.4, -0.2) is 31.0 Å². The van der Waals surface area contributed by atoms with Crippen molar-refractivity contribution in [2.24, 2.45) is 17.8 Å². The summed E-state index contributed by atoms with van der Waals surface area (Å²) in [5, 5.41) is 9.27. The highest BCUT2D eigenvalue weighted by Crippen LogP contribution is 2.39. The van der Waals surface area contributed by atoms with Crippen LogP contribution in [0.25, 0.3) is 0 Å². The lowest BCUT2D eigenvalue weighted by molar-refractivity contribution is -0.145. The van der Waals surface area contributed by atoms with Crippen LogP contribution in [0.4, 0.5) is 0 Å². The first-order valence-electron chi connectivity index (χ1n) is 5.93. The first-order chi connectivity index (χ1) is 7.49. The average Bonchev–Trinajstić information content (AvgIpc) is 2.76. The first kappa shape index (κ1) is 11.9. The van der Waals surface area contributed by atoms with Gasteiger partial charge in [-0.2, -0.15) is 0 Å². The van der Waals surface area contributed by atoms with E-state index in [1.54, 1.807) is 0 Å². The number of rotatable bonds is 3. The Hall–Kier alpha value is -0.580. The lowest BCUT2D eigenvalue weighted by Gasteiger charge is -2.24. The summed E-state index contributed by atoms with van der Waals surface area (Å²) in [5.74, 6) is -0.913. The predicted molar refractivity (Wildman–Crippen MR) is 59.8 cm³/mol. The van der Waals surface area contributed by atoms with Crippen molar-refractivity contribution in [3.8, 4) is 0 Å². The summed E-state index contributed by atoms with van der Waals surface area (Å²) in [7, 11) is -2.97. The van der Waals surface area contributed by atoms with E-state index in [2.05, 4.69) is 0 Å². The zero-order chi connectivity index (χ0) is 11.8. The van der Waals surface area contributed by atoms with E-state index in [-0.39, 0.29) is 23.3 Å². The maximum Gasteiger partial charge on any atom is 0.307 e. The van der Waals surface area contributed by atoms with Crippen molar-refractivity contribution < 1.29 is 18.3 Å². The van der Waals surface area contributed by atoms with E-state index in [4.69, 9.17) is 0 Å². The minimum Gasteiger partial charge on any atom is -0.481 e. The zero-order valence-electron chi connectivity index (χ0n) is 9.26. The standard InChI is InChI=1S/C11H18O4S/c12-11(13)10(8-3-1-2-4-8)9-5-6-16(14,15)7-9/h8-10H,1-7H2,(H,12,13). The quantitative estimate of drug-likeness (QED) is 0.815. The summed E-state index contributed by atoms with van der Waals surface area (Å²) in [6, 6.07) is 0. The van der Waals surface area contributed by atoms with Gasteiger partial charge in [0.2, 0.25) is 0 Å². The second-order valence-electron chi connectivity index (χ2n) is 5.07. The summed E-state index contributed by atoms with van der Waals surface area (Å²) in [4.78, 5) is 11.3. The summed E-state index contributed by atoms with van der Waals surface area (Å²) in [6.45, 7) is 0. The van der Waals surface area contributed by atoms with Crippen LogP contribution in [0, 0.1) is 17.8 Å². The van der Waals surface area contributed by atoms with Crippen molar-refractivity contribution in [3.63, 3.8) is 0 Å². The minimum atomic E-state index is -2.97. The number of carbonyl (C=O) groups is 1. The Bertz CT molecular complexity index is 367. The molecule has 2 fully saturated rings. The molecule has 0 aromatic carbocycles. The smallest absolute Gasteiger partial charge is 0.307 e. The summed E-state index contributed by atoms with van der Waals surface area (Å²) >= 11 is 0. The number of aliphatic carboxylic acids is 1. The Morgan fingerprint density at radius 1 is 1.12 bits per heavy atom. The van der Waals surface area contributed by atoms with Crippen LogP contribution in [0.2, 0.25) is 0 Å². The molecule has 2 atom stereocenters. The SMILES string of the molecule is O=C(O)C(C1CCCC1)C1CCS(=O)(=O)C1. The minimum absolute atomic E-state index is 0.0838. The molecule has 1 saturated carbocycles. The molecule has 4 nitrogen and oxygen atoms in total. The number of sulfone groups is 1. The topological polar surface area (TPSA) is 71.4 Å². The number of carboxylic acids is 1. The van der Waals surface area contributed by atoms with Gasteiger partial charge in [0.1, 0.15) is 0 Å². The molecule has 1 aliphatic heterocycles. The third-order valence-corrected chi connectivity index (χ3v) is 5.76. The van der Waals surface area contributed by atoms with Crippen molar-refractivity contribution in [3.05, 3.63) is 0 Å². The van der Waals surface area contributed by atoms with Gasteiger partial charge >= 0.3 is 5.97 Å². The predicted octanol–water partition coefficient (Wildman–Crippen LogP) is 1.31. The molecule has 1 saturated heterocycles. The molecule has 5 heteroatoms. The normalized spacial score (nSPS) is 31.6. The van der Waals surface area contributed by atoms with Crippen molar-refractivity contribution in [1.29, 1.82) is 0 Å². The van der Waals surface area contributed by atoms with E-state index in [0.29, 0.717) is 6.42 Å². The van der Waals surface area contributed by atoms with Crippen LogP contribution in [0.5, 0.6) is 0 Å².